The molecule has 0 N–H and O–H groups in total. The number of alkyl halides is 3. The van der Waals surface area contributed by atoms with Crippen LogP contribution in [-0.2, 0) is 16.1 Å². The number of nitrogens with zero attached hydrogens (tertiary/aromatic N) is 1. The molecule has 7 heteroatoms. The minimum atomic E-state index is -4.42. The second kappa shape index (κ2) is 6.81. The van der Waals surface area contributed by atoms with Gasteiger partial charge < -0.3 is 9.64 Å². The fourth-order valence-corrected chi connectivity index (χ4v) is 2.34. The van der Waals surface area contributed by atoms with Gasteiger partial charge in [0.05, 0.1) is 6.42 Å². The van der Waals surface area contributed by atoms with Gasteiger partial charge in [-0.25, -0.2) is 4.79 Å². The molecule has 4 nitrogen and oxygen atoms in total. The van der Waals surface area contributed by atoms with Crippen LogP contribution in [0.5, 0.6) is 0 Å². The highest BCUT2D eigenvalue weighted by atomic mass is 19.4. The van der Waals surface area contributed by atoms with Crippen LogP contribution < -0.4 is 0 Å². The van der Waals surface area contributed by atoms with Crippen molar-refractivity contribution >= 4 is 11.9 Å². The molecule has 22 heavy (non-hydrogen) atoms. The number of piperidine rings is 1. The average molecular weight is 315 g/mol. The largest absolute Gasteiger partial charge is 0.445 e. The summed E-state index contributed by atoms with van der Waals surface area (Å²) in [5, 5.41) is 0. The molecule has 1 unspecified atom stereocenters. The van der Waals surface area contributed by atoms with E-state index in [-0.39, 0.29) is 26.1 Å². The SMILES string of the molecule is O=C1CCN(C(=O)OCc2ccccc2)CC1CC(F)(F)F. The number of ketones is 1. The molecule has 0 radical (unpaired) electrons. The maximum absolute atomic E-state index is 12.4. The van der Waals surface area contributed by atoms with Crippen LogP contribution >= 0.6 is 0 Å². The topological polar surface area (TPSA) is 46.6 Å². The monoisotopic (exact) mass is 315 g/mol. The van der Waals surface area contributed by atoms with Gasteiger partial charge in [0.15, 0.2) is 0 Å². The van der Waals surface area contributed by atoms with Crippen molar-refractivity contribution < 1.29 is 27.5 Å². The minimum absolute atomic E-state index is 0.0497. The number of amides is 1. The van der Waals surface area contributed by atoms with Gasteiger partial charge in [-0.1, -0.05) is 30.3 Å². The Morgan fingerprint density at radius 2 is 1.95 bits per heavy atom. The van der Waals surface area contributed by atoms with Gasteiger partial charge in [-0.2, -0.15) is 13.2 Å². The van der Waals surface area contributed by atoms with E-state index in [0.29, 0.717) is 0 Å². The normalized spacial score (nSPS) is 19.1. The Morgan fingerprint density at radius 1 is 1.27 bits per heavy atom. The van der Waals surface area contributed by atoms with E-state index in [1.807, 2.05) is 6.07 Å². The number of hydrogen-bond donors (Lipinski definition) is 0. The highest BCUT2D eigenvalue weighted by molar-refractivity contribution is 5.84. The smallest absolute Gasteiger partial charge is 0.410 e. The molecule has 1 atom stereocenters. The number of ether oxygens (including phenoxy) is 1. The van der Waals surface area contributed by atoms with Gasteiger partial charge in [0, 0.05) is 25.4 Å². The molecule has 0 aliphatic carbocycles. The van der Waals surface area contributed by atoms with Gasteiger partial charge in [-0.05, 0) is 5.56 Å². The predicted octanol–water partition coefficient (Wildman–Crippen LogP) is 3.17. The van der Waals surface area contributed by atoms with Crippen molar-refractivity contribution in [2.45, 2.75) is 25.6 Å². The third kappa shape index (κ3) is 4.75. The first-order chi connectivity index (χ1) is 10.3. The molecule has 1 aliphatic rings. The second-order valence-corrected chi connectivity index (χ2v) is 5.22. The van der Waals surface area contributed by atoms with Crippen molar-refractivity contribution in [2.24, 2.45) is 5.92 Å². The van der Waals surface area contributed by atoms with Crippen molar-refractivity contribution in [3.8, 4) is 0 Å². The summed E-state index contributed by atoms with van der Waals surface area (Å²) in [6, 6.07) is 8.96. The molecule has 120 valence electrons. The number of likely N-dealkylation sites (tertiary alicyclic amines) is 1. The standard InChI is InChI=1S/C15H16F3NO3/c16-15(17,18)8-12-9-19(7-6-13(12)20)14(21)22-10-11-4-2-1-3-5-11/h1-5,12H,6-10H2. The van der Waals surface area contributed by atoms with E-state index in [4.69, 9.17) is 4.74 Å². The van der Waals surface area contributed by atoms with Gasteiger partial charge in [-0.15, -0.1) is 0 Å². The van der Waals surface area contributed by atoms with Crippen LogP contribution in [0.15, 0.2) is 30.3 Å². The Morgan fingerprint density at radius 3 is 2.59 bits per heavy atom. The first-order valence-corrected chi connectivity index (χ1v) is 6.90. The molecule has 1 aromatic rings. The van der Waals surface area contributed by atoms with Gasteiger partial charge in [0.25, 0.3) is 0 Å². The lowest BCUT2D eigenvalue weighted by Gasteiger charge is -2.31. The maximum atomic E-state index is 12.4. The number of Topliss-reactive ketones (excluding diaryl/α,β-unsaturated/α-hetero) is 1. The summed E-state index contributed by atoms with van der Waals surface area (Å²) < 4.78 is 42.3. The number of halogens is 3. The molecule has 0 aromatic heterocycles. The second-order valence-electron chi connectivity index (χ2n) is 5.22. The van der Waals surface area contributed by atoms with E-state index in [0.717, 1.165) is 5.56 Å². The predicted molar refractivity (Wildman–Crippen MR) is 72.0 cm³/mol. The van der Waals surface area contributed by atoms with Crippen LogP contribution in [0, 0.1) is 5.92 Å². The molecule has 1 heterocycles. The molecular weight excluding hydrogens is 299 g/mol. The van der Waals surface area contributed by atoms with Crippen molar-refractivity contribution in [3.05, 3.63) is 35.9 Å². The summed E-state index contributed by atoms with van der Waals surface area (Å²) in [5.74, 6) is -1.65. The Bertz CT molecular complexity index is 531. The lowest BCUT2D eigenvalue weighted by atomic mass is 9.93. The Kier molecular flexibility index (Phi) is 5.05. The summed E-state index contributed by atoms with van der Waals surface area (Å²) in [6.07, 6.45) is -6.38. The third-order valence-corrected chi connectivity index (χ3v) is 3.47. The molecule has 1 saturated heterocycles. The van der Waals surface area contributed by atoms with E-state index in [1.54, 1.807) is 24.3 Å². The van der Waals surface area contributed by atoms with Gasteiger partial charge in [-0.3, -0.25) is 4.79 Å². The first kappa shape index (κ1) is 16.3. The molecule has 0 spiro atoms. The number of benzene rings is 1. The Labute approximate surface area is 125 Å². The molecule has 1 aliphatic heterocycles. The van der Waals surface area contributed by atoms with Crippen LogP contribution in [0.3, 0.4) is 0 Å². The van der Waals surface area contributed by atoms with Crippen molar-refractivity contribution in [3.63, 3.8) is 0 Å². The summed E-state index contributed by atoms with van der Waals surface area (Å²) in [5.41, 5.74) is 0.788. The minimum Gasteiger partial charge on any atom is -0.445 e. The van der Waals surface area contributed by atoms with E-state index in [2.05, 4.69) is 0 Å². The molecule has 1 fully saturated rings. The van der Waals surface area contributed by atoms with E-state index in [9.17, 15) is 22.8 Å². The molecular formula is C15H16F3NO3. The summed E-state index contributed by atoms with van der Waals surface area (Å²) in [7, 11) is 0. The van der Waals surface area contributed by atoms with E-state index in [1.165, 1.54) is 4.90 Å². The fourth-order valence-electron chi connectivity index (χ4n) is 2.34. The van der Waals surface area contributed by atoms with Crippen molar-refractivity contribution in [1.29, 1.82) is 0 Å². The molecule has 0 bridgehead atoms. The number of rotatable bonds is 3. The maximum Gasteiger partial charge on any atom is 0.410 e. The zero-order valence-corrected chi connectivity index (χ0v) is 11.8. The Balaban J connectivity index is 1.88. The summed E-state index contributed by atoms with van der Waals surface area (Å²) >= 11 is 0. The number of hydrogen-bond acceptors (Lipinski definition) is 3. The highest BCUT2D eigenvalue weighted by Crippen LogP contribution is 2.28. The van der Waals surface area contributed by atoms with Crippen LogP contribution in [-0.4, -0.2) is 36.0 Å². The molecule has 0 saturated carbocycles. The summed E-state index contributed by atoms with van der Waals surface area (Å²) in [4.78, 5) is 24.6. The van der Waals surface area contributed by atoms with Gasteiger partial charge in [0.2, 0.25) is 0 Å². The van der Waals surface area contributed by atoms with Crippen LogP contribution in [0.25, 0.3) is 0 Å². The Hall–Kier alpha value is -2.05. The molecule has 1 amide bonds. The van der Waals surface area contributed by atoms with E-state index >= 15 is 0 Å². The number of carbonyl (C=O) groups excluding carboxylic acids is 2. The zero-order valence-electron chi connectivity index (χ0n) is 11.8. The zero-order chi connectivity index (χ0) is 16.2. The first-order valence-electron chi connectivity index (χ1n) is 6.90. The lowest BCUT2D eigenvalue weighted by Crippen LogP contribution is -2.45. The van der Waals surface area contributed by atoms with Crippen molar-refractivity contribution in [1.82, 2.24) is 4.90 Å². The molecule has 2 rings (SSSR count). The third-order valence-electron chi connectivity index (χ3n) is 3.47. The fraction of sp³-hybridized carbons (Fsp3) is 0.467. The van der Waals surface area contributed by atoms with Crippen molar-refractivity contribution in [2.75, 3.05) is 13.1 Å². The molecule has 1 aromatic carbocycles. The number of carbonyl (C=O) groups is 2. The lowest BCUT2D eigenvalue weighted by molar-refractivity contribution is -0.156. The van der Waals surface area contributed by atoms with Crippen LogP contribution in [0.1, 0.15) is 18.4 Å². The van der Waals surface area contributed by atoms with Crippen LogP contribution in [0.4, 0.5) is 18.0 Å². The highest BCUT2D eigenvalue weighted by Gasteiger charge is 2.39. The van der Waals surface area contributed by atoms with E-state index < -0.39 is 30.4 Å². The summed E-state index contributed by atoms with van der Waals surface area (Å²) in [6.45, 7) is -0.0964. The average Bonchev–Trinajstić information content (AvgIpc) is 2.47. The van der Waals surface area contributed by atoms with Gasteiger partial charge >= 0.3 is 12.3 Å². The van der Waals surface area contributed by atoms with Gasteiger partial charge in [0.1, 0.15) is 12.4 Å². The van der Waals surface area contributed by atoms with Crippen LogP contribution in [0.2, 0.25) is 0 Å². The quantitative estimate of drug-likeness (QED) is 0.861.